The molecule has 3 heterocycles. The van der Waals surface area contributed by atoms with E-state index in [-0.39, 0.29) is 11.4 Å². The molecular weight excluding hydrogens is 357 g/mol. The van der Waals surface area contributed by atoms with Crippen molar-refractivity contribution in [2.24, 2.45) is 0 Å². The van der Waals surface area contributed by atoms with E-state index in [9.17, 15) is 4.39 Å². The van der Waals surface area contributed by atoms with E-state index < -0.39 is 0 Å². The van der Waals surface area contributed by atoms with Crippen molar-refractivity contribution in [3.05, 3.63) is 52.6 Å². The lowest BCUT2D eigenvalue weighted by molar-refractivity contribution is -0.102. The second kappa shape index (κ2) is 7.46. The molecule has 0 N–H and O–H groups in total. The van der Waals surface area contributed by atoms with Crippen molar-refractivity contribution >= 4 is 5.95 Å². The van der Waals surface area contributed by atoms with E-state index in [1.54, 1.807) is 6.07 Å². The smallest absolute Gasteiger partial charge is 0.225 e. The number of aromatic nitrogens is 2. The van der Waals surface area contributed by atoms with E-state index in [1.807, 2.05) is 31.3 Å². The number of ether oxygens (including phenoxy) is 1. The number of hydrogen-bond acceptors (Lipinski definition) is 6. The van der Waals surface area contributed by atoms with E-state index >= 15 is 0 Å². The Bertz CT molecular complexity index is 915. The van der Waals surface area contributed by atoms with Crippen LogP contribution < -0.4 is 4.90 Å². The van der Waals surface area contributed by atoms with Gasteiger partial charge in [0.25, 0.3) is 0 Å². The van der Waals surface area contributed by atoms with E-state index in [0.717, 1.165) is 43.6 Å². The number of benzene rings is 1. The van der Waals surface area contributed by atoms with E-state index in [4.69, 9.17) is 15.0 Å². The third-order valence-electron chi connectivity index (χ3n) is 5.59. The van der Waals surface area contributed by atoms with Crippen LogP contribution in [0.2, 0.25) is 0 Å². The van der Waals surface area contributed by atoms with Crippen molar-refractivity contribution in [1.82, 2.24) is 14.9 Å². The first-order chi connectivity index (χ1) is 13.5. The van der Waals surface area contributed by atoms with Crippen molar-refractivity contribution in [2.45, 2.75) is 31.4 Å². The lowest BCUT2D eigenvalue weighted by atomic mass is 9.83. The number of rotatable bonds is 3. The summed E-state index contributed by atoms with van der Waals surface area (Å²) in [7, 11) is 3.88. The van der Waals surface area contributed by atoms with Gasteiger partial charge >= 0.3 is 0 Å². The summed E-state index contributed by atoms with van der Waals surface area (Å²) in [6, 6.07) is 6.56. The number of nitriles is 1. The molecule has 0 amide bonds. The summed E-state index contributed by atoms with van der Waals surface area (Å²) in [5.74, 6) is 0.342. The molecule has 0 unspecified atom stereocenters. The summed E-state index contributed by atoms with van der Waals surface area (Å²) in [4.78, 5) is 13.5. The Kier molecular flexibility index (Phi) is 5.00. The SMILES string of the molecule is CN(C)c1ncc2c(n1)C1(CCN(Cc3cc(F)cc(C#N)c3)CC1)OCC2. The first kappa shape index (κ1) is 18.8. The van der Waals surface area contributed by atoms with Crippen molar-refractivity contribution in [1.29, 1.82) is 5.26 Å². The molecule has 0 aliphatic carbocycles. The summed E-state index contributed by atoms with van der Waals surface area (Å²) in [5, 5.41) is 9.05. The minimum absolute atomic E-state index is 0.361. The Morgan fingerprint density at radius 3 is 2.79 bits per heavy atom. The molecule has 1 aromatic carbocycles. The van der Waals surface area contributed by atoms with E-state index in [2.05, 4.69) is 9.88 Å². The van der Waals surface area contributed by atoms with Crippen LogP contribution in [0, 0.1) is 17.1 Å². The van der Waals surface area contributed by atoms with Gasteiger partial charge in [-0.25, -0.2) is 14.4 Å². The van der Waals surface area contributed by atoms with Crippen LogP contribution in [-0.4, -0.2) is 48.7 Å². The highest BCUT2D eigenvalue weighted by molar-refractivity contribution is 5.36. The third kappa shape index (κ3) is 3.58. The van der Waals surface area contributed by atoms with Gasteiger partial charge in [-0.2, -0.15) is 5.26 Å². The molecule has 0 atom stereocenters. The number of likely N-dealkylation sites (tertiary alicyclic amines) is 1. The van der Waals surface area contributed by atoms with Crippen LogP contribution >= 0.6 is 0 Å². The number of nitrogens with zero attached hydrogens (tertiary/aromatic N) is 5. The van der Waals surface area contributed by atoms with Gasteiger partial charge in [-0.3, -0.25) is 4.90 Å². The molecule has 0 bridgehead atoms. The lowest BCUT2D eigenvalue weighted by Gasteiger charge is -2.44. The fourth-order valence-electron chi connectivity index (χ4n) is 4.13. The lowest BCUT2D eigenvalue weighted by Crippen LogP contribution is -2.47. The van der Waals surface area contributed by atoms with Gasteiger partial charge in [-0.1, -0.05) is 0 Å². The summed E-state index contributed by atoms with van der Waals surface area (Å²) in [5.41, 5.74) is 3.02. The van der Waals surface area contributed by atoms with Crippen LogP contribution in [0.25, 0.3) is 0 Å². The van der Waals surface area contributed by atoms with Crippen LogP contribution in [0.5, 0.6) is 0 Å². The predicted molar refractivity (Wildman–Crippen MR) is 103 cm³/mol. The van der Waals surface area contributed by atoms with Crippen molar-refractivity contribution in [3.63, 3.8) is 0 Å². The average Bonchev–Trinajstić information content (AvgIpc) is 2.69. The molecule has 146 valence electrons. The molecule has 6 nitrogen and oxygen atoms in total. The number of fused-ring (bicyclic) bond motifs is 2. The van der Waals surface area contributed by atoms with Crippen molar-refractivity contribution < 1.29 is 9.13 Å². The Morgan fingerprint density at radius 2 is 2.07 bits per heavy atom. The normalized spacial score (nSPS) is 18.5. The molecule has 28 heavy (non-hydrogen) atoms. The van der Waals surface area contributed by atoms with Crippen LogP contribution in [0.4, 0.5) is 10.3 Å². The number of hydrogen-bond donors (Lipinski definition) is 0. The minimum atomic E-state index is -0.364. The fraction of sp³-hybridized carbons (Fsp3) is 0.476. The zero-order chi connectivity index (χ0) is 19.7. The van der Waals surface area contributed by atoms with E-state index in [1.165, 1.54) is 17.7 Å². The molecule has 2 aromatic rings. The zero-order valence-corrected chi connectivity index (χ0v) is 16.3. The molecule has 0 saturated carbocycles. The van der Waals surface area contributed by atoms with Crippen molar-refractivity contribution in [2.75, 3.05) is 38.7 Å². The molecule has 2 aliphatic rings. The van der Waals surface area contributed by atoms with Crippen LogP contribution in [0.1, 0.15) is 35.2 Å². The predicted octanol–water partition coefficient (Wildman–Crippen LogP) is 2.62. The van der Waals surface area contributed by atoms with Crippen LogP contribution in [0.15, 0.2) is 24.4 Å². The summed E-state index contributed by atoms with van der Waals surface area (Å²) in [6.07, 6.45) is 4.45. The summed E-state index contributed by atoms with van der Waals surface area (Å²) >= 11 is 0. The quantitative estimate of drug-likeness (QED) is 0.814. The summed E-state index contributed by atoms with van der Waals surface area (Å²) in [6.45, 7) is 2.98. The Labute approximate surface area is 164 Å². The van der Waals surface area contributed by atoms with Crippen LogP contribution in [-0.2, 0) is 23.3 Å². The van der Waals surface area contributed by atoms with E-state index in [0.29, 0.717) is 24.7 Å². The standard InChI is InChI=1S/C21H24FN5O/c1-26(2)20-24-13-17-3-8-28-21(19(17)25-20)4-6-27(7-5-21)14-16-9-15(12-23)10-18(22)11-16/h9-11,13H,3-8,14H2,1-2H3. The van der Waals surface area contributed by atoms with Gasteiger partial charge < -0.3 is 9.64 Å². The Hall–Kier alpha value is -2.56. The van der Waals surface area contributed by atoms with Gasteiger partial charge in [0.15, 0.2) is 0 Å². The highest BCUT2D eigenvalue weighted by Gasteiger charge is 2.42. The van der Waals surface area contributed by atoms with Gasteiger partial charge in [0, 0.05) is 39.9 Å². The molecule has 7 heteroatoms. The number of halogens is 1. The third-order valence-corrected chi connectivity index (χ3v) is 5.59. The second-order valence-corrected chi connectivity index (χ2v) is 7.77. The maximum atomic E-state index is 13.7. The van der Waals surface area contributed by atoms with Crippen LogP contribution in [0.3, 0.4) is 0 Å². The molecule has 1 spiro atoms. The molecule has 1 aromatic heterocycles. The first-order valence-corrected chi connectivity index (χ1v) is 9.59. The maximum absolute atomic E-state index is 13.7. The molecule has 2 aliphatic heterocycles. The molecule has 1 fully saturated rings. The number of anilines is 1. The molecule has 0 radical (unpaired) electrons. The largest absolute Gasteiger partial charge is 0.368 e. The Balaban J connectivity index is 1.51. The van der Waals surface area contributed by atoms with Gasteiger partial charge in [0.1, 0.15) is 11.4 Å². The molecular formula is C21H24FN5O. The fourth-order valence-corrected chi connectivity index (χ4v) is 4.13. The maximum Gasteiger partial charge on any atom is 0.225 e. The Morgan fingerprint density at radius 1 is 1.29 bits per heavy atom. The highest BCUT2D eigenvalue weighted by atomic mass is 19.1. The molecule has 1 saturated heterocycles. The monoisotopic (exact) mass is 381 g/mol. The van der Waals surface area contributed by atoms with Gasteiger partial charge in [0.2, 0.25) is 5.95 Å². The minimum Gasteiger partial charge on any atom is -0.368 e. The van der Waals surface area contributed by atoms with Gasteiger partial charge in [-0.15, -0.1) is 0 Å². The number of piperidine rings is 1. The second-order valence-electron chi connectivity index (χ2n) is 7.77. The van der Waals surface area contributed by atoms with Gasteiger partial charge in [-0.05, 0) is 48.6 Å². The highest BCUT2D eigenvalue weighted by Crippen LogP contribution is 2.41. The average molecular weight is 381 g/mol. The molecule has 4 rings (SSSR count). The summed E-state index contributed by atoms with van der Waals surface area (Å²) < 4.78 is 20.0. The van der Waals surface area contributed by atoms with Crippen molar-refractivity contribution in [3.8, 4) is 6.07 Å². The zero-order valence-electron chi connectivity index (χ0n) is 16.3. The topological polar surface area (TPSA) is 65.3 Å². The van der Waals surface area contributed by atoms with Gasteiger partial charge in [0.05, 0.1) is 23.9 Å². The first-order valence-electron chi connectivity index (χ1n) is 9.59.